The highest BCUT2D eigenvalue weighted by Crippen LogP contribution is 2.59. The van der Waals surface area contributed by atoms with Gasteiger partial charge in [0.2, 0.25) is 6.29 Å². The molecule has 1 unspecified atom stereocenters. The molecular formula is C10H15N4O15P3. The Hall–Kier alpha value is -1.40. The molecule has 1 aliphatic heterocycles. The van der Waals surface area contributed by atoms with Crippen molar-refractivity contribution < 1.29 is 66.5 Å². The Kier molecular flexibility index (Phi) is 6.90. The molecule has 22 heteroatoms. The van der Waals surface area contributed by atoms with E-state index in [1.165, 1.54) is 0 Å². The zero-order chi connectivity index (χ0) is 24.1. The third kappa shape index (κ3) is 5.74. The molecule has 180 valence electrons. The van der Waals surface area contributed by atoms with Crippen LogP contribution in [0.3, 0.4) is 0 Å². The van der Waals surface area contributed by atoms with Crippen molar-refractivity contribution in [1.29, 1.82) is 0 Å². The average Bonchev–Trinajstić information content (AvgIpc) is 3.14. The first-order valence-electron chi connectivity index (χ1n) is 8.02. The van der Waals surface area contributed by atoms with Crippen LogP contribution < -0.4 is 5.56 Å². The van der Waals surface area contributed by atoms with Gasteiger partial charge in [-0.1, -0.05) is 0 Å². The maximum absolute atomic E-state index is 11.8. The van der Waals surface area contributed by atoms with Crippen LogP contribution in [0.2, 0.25) is 0 Å². The molecule has 3 heterocycles. The molecule has 0 amide bonds. The van der Waals surface area contributed by atoms with Crippen molar-refractivity contribution in [1.82, 2.24) is 19.5 Å². The highest BCUT2D eigenvalue weighted by Gasteiger charge is 2.52. The lowest BCUT2D eigenvalue weighted by Gasteiger charge is -2.26. The lowest BCUT2D eigenvalue weighted by molar-refractivity contribution is -0.154. The first-order chi connectivity index (χ1) is 14.6. The van der Waals surface area contributed by atoms with Crippen molar-refractivity contribution in [3.63, 3.8) is 0 Å². The largest absolute Gasteiger partial charge is 0.483 e. The van der Waals surface area contributed by atoms with Crippen molar-refractivity contribution >= 4 is 34.6 Å². The van der Waals surface area contributed by atoms with Crippen LogP contribution in [-0.2, 0) is 31.8 Å². The summed E-state index contributed by atoms with van der Waals surface area (Å²) in [6.45, 7) is 0. The fourth-order valence-electron chi connectivity index (χ4n) is 2.75. The number of hydrogen-bond acceptors (Lipinski definition) is 12. The minimum Gasteiger partial charge on any atom is -0.387 e. The van der Waals surface area contributed by atoms with Gasteiger partial charge < -0.3 is 44.4 Å². The number of ether oxygens (including phenoxy) is 1. The molecule has 3 rings (SSSR count). The molecule has 0 aromatic carbocycles. The summed E-state index contributed by atoms with van der Waals surface area (Å²) in [6.07, 6.45) is -8.55. The van der Waals surface area contributed by atoms with Crippen LogP contribution in [0.15, 0.2) is 17.4 Å². The fourth-order valence-corrected chi connectivity index (χ4v) is 4.91. The summed E-state index contributed by atoms with van der Waals surface area (Å²) >= 11 is 0. The Balaban J connectivity index is 1.94. The smallest absolute Gasteiger partial charge is 0.387 e. The normalized spacial score (nSPS) is 27.5. The van der Waals surface area contributed by atoms with Crippen molar-refractivity contribution in [2.75, 3.05) is 0 Å². The van der Waals surface area contributed by atoms with E-state index in [-0.39, 0.29) is 11.2 Å². The molecule has 0 aliphatic carbocycles. The molecule has 8 N–H and O–H groups in total. The van der Waals surface area contributed by atoms with Gasteiger partial charge >= 0.3 is 23.5 Å². The van der Waals surface area contributed by atoms with Crippen molar-refractivity contribution in [2.45, 2.75) is 30.8 Å². The maximum atomic E-state index is 11.8. The maximum Gasteiger partial charge on any atom is 0.483 e. The number of imidazole rings is 1. The van der Waals surface area contributed by atoms with Gasteiger partial charge in [0.25, 0.3) is 5.56 Å². The Labute approximate surface area is 175 Å². The monoisotopic (exact) mass is 524 g/mol. The predicted octanol–water partition coefficient (Wildman–Crippen LogP) is -2.60. The van der Waals surface area contributed by atoms with Crippen LogP contribution in [0, 0.1) is 0 Å². The molecule has 0 bridgehead atoms. The number of aliphatic hydroxyl groups excluding tert-OH is 2. The summed E-state index contributed by atoms with van der Waals surface area (Å²) in [5.74, 6) is 0. The zero-order valence-corrected chi connectivity index (χ0v) is 17.8. The number of H-pyrrole nitrogens is 1. The molecule has 2 aromatic heterocycles. The van der Waals surface area contributed by atoms with Crippen molar-refractivity contribution in [3.8, 4) is 0 Å². The van der Waals surface area contributed by atoms with E-state index in [0.29, 0.717) is 0 Å². The first-order valence-corrected chi connectivity index (χ1v) is 12.6. The third-order valence-electron chi connectivity index (χ3n) is 3.87. The number of aliphatic hydroxyl groups is 2. The predicted molar refractivity (Wildman–Crippen MR) is 95.0 cm³/mol. The summed E-state index contributed by atoms with van der Waals surface area (Å²) in [7, 11) is -16.9. The second kappa shape index (κ2) is 8.75. The first kappa shape index (κ1) is 25.2. The number of rotatable bonds is 8. The van der Waals surface area contributed by atoms with Gasteiger partial charge in [-0.25, -0.2) is 23.7 Å². The van der Waals surface area contributed by atoms with Crippen LogP contribution in [0.4, 0.5) is 0 Å². The van der Waals surface area contributed by atoms with Crippen molar-refractivity contribution in [3.05, 3.63) is 23.0 Å². The Morgan fingerprint density at radius 2 is 1.69 bits per heavy atom. The second-order valence-electron chi connectivity index (χ2n) is 6.14. The number of nitrogens with zero attached hydrogens (tertiary/aromatic N) is 3. The molecule has 0 saturated carbocycles. The van der Waals surface area contributed by atoms with E-state index in [9.17, 15) is 33.6 Å². The van der Waals surface area contributed by atoms with E-state index in [0.717, 1.165) is 17.2 Å². The van der Waals surface area contributed by atoms with E-state index >= 15 is 0 Å². The molecule has 1 aliphatic rings. The average molecular weight is 524 g/mol. The van der Waals surface area contributed by atoms with Crippen LogP contribution in [0.25, 0.3) is 11.2 Å². The zero-order valence-electron chi connectivity index (χ0n) is 15.1. The highest BCUT2D eigenvalue weighted by molar-refractivity contribution is 7.60. The quantitative estimate of drug-likeness (QED) is 0.130. The molecular weight excluding hydrogens is 509 g/mol. The van der Waals surface area contributed by atoms with Gasteiger partial charge in [-0.05, 0) is 0 Å². The van der Waals surface area contributed by atoms with Gasteiger partial charge in [0.05, 0.1) is 12.7 Å². The number of aromatic nitrogens is 4. The number of nitrogens with one attached hydrogen (secondary N) is 1. The van der Waals surface area contributed by atoms with Crippen molar-refractivity contribution in [2.24, 2.45) is 0 Å². The van der Waals surface area contributed by atoms with Gasteiger partial charge in [-0.15, -0.1) is 0 Å². The van der Waals surface area contributed by atoms with Gasteiger partial charge in [-0.2, -0.15) is 4.31 Å². The molecule has 1 saturated heterocycles. The lowest BCUT2D eigenvalue weighted by atomic mass is 10.1. The lowest BCUT2D eigenvalue weighted by Crippen LogP contribution is -2.40. The summed E-state index contributed by atoms with van der Waals surface area (Å²) < 4.78 is 52.0. The van der Waals surface area contributed by atoms with Crippen LogP contribution >= 0.6 is 23.5 Å². The summed E-state index contributed by atoms with van der Waals surface area (Å²) in [6, 6.07) is 0. The minimum absolute atomic E-state index is 0.142. The topological polar surface area (TPSA) is 293 Å². The molecule has 32 heavy (non-hydrogen) atoms. The SMILES string of the molecule is O=c1[nH]cnc2c1ncn2[C@@H]1O[C@H]([C@@H](OP(=O)(O)O)OP(=O)(O)OP(=O)(O)O)[C@@H](O)[C@H]1O. The Morgan fingerprint density at radius 3 is 2.28 bits per heavy atom. The van der Waals surface area contributed by atoms with Gasteiger partial charge in [0.15, 0.2) is 17.4 Å². The van der Waals surface area contributed by atoms with Gasteiger partial charge in [0, 0.05) is 0 Å². The summed E-state index contributed by atoms with van der Waals surface area (Å²) in [5, 5.41) is 20.6. The molecule has 2 aromatic rings. The van der Waals surface area contributed by atoms with Crippen LogP contribution in [-0.4, -0.2) is 78.8 Å². The second-order valence-corrected chi connectivity index (χ2v) is 10.1. The molecule has 6 atom stereocenters. The number of phosphoric ester groups is 2. The molecule has 19 nitrogen and oxygen atoms in total. The van der Waals surface area contributed by atoms with E-state index < -0.39 is 59.9 Å². The summed E-state index contributed by atoms with van der Waals surface area (Å²) in [4.78, 5) is 66.5. The molecule has 0 spiro atoms. The standard InChI is InChI=1S/C10H15N4O15P3/c15-4-5(16)9(14-2-13-3-7(14)11-1-12-8(3)17)26-6(4)10(27-30(18,19)20)28-32(24,25)29-31(21,22)23/h1-2,4-6,9-10,15-16H,(H,24,25)(H,11,12,17)(H2,18,19,20)(H2,21,22,23)/t4-,5+,6-,9+,10-/m0/s1. The van der Waals surface area contributed by atoms with E-state index in [1.807, 2.05) is 0 Å². The summed E-state index contributed by atoms with van der Waals surface area (Å²) in [5.41, 5.74) is -1.01. The fraction of sp³-hybridized carbons (Fsp3) is 0.500. The highest BCUT2D eigenvalue weighted by atomic mass is 31.3. The van der Waals surface area contributed by atoms with Crippen LogP contribution in [0.5, 0.6) is 0 Å². The van der Waals surface area contributed by atoms with E-state index in [2.05, 4.69) is 28.3 Å². The van der Waals surface area contributed by atoms with E-state index in [1.54, 1.807) is 0 Å². The van der Waals surface area contributed by atoms with Crippen LogP contribution in [0.1, 0.15) is 6.23 Å². The molecule has 0 radical (unpaired) electrons. The number of aromatic amines is 1. The van der Waals surface area contributed by atoms with Gasteiger partial charge in [0.1, 0.15) is 18.3 Å². The minimum atomic E-state index is -5.76. The van der Waals surface area contributed by atoms with E-state index in [4.69, 9.17) is 24.3 Å². The Morgan fingerprint density at radius 1 is 1.03 bits per heavy atom. The third-order valence-corrected chi connectivity index (χ3v) is 6.50. The Bertz CT molecular complexity index is 1190. The number of hydrogen-bond donors (Lipinski definition) is 8. The molecule has 1 fully saturated rings. The number of phosphoric acid groups is 3. The van der Waals surface area contributed by atoms with Gasteiger partial charge in [-0.3, -0.25) is 18.4 Å². The number of fused-ring (bicyclic) bond motifs is 1.